The molecule has 1 N–H and O–H groups in total. The third kappa shape index (κ3) is 3.09. The molecule has 4 nitrogen and oxygen atoms in total. The molecule has 1 atom stereocenters. The Kier molecular flexibility index (Phi) is 4.23. The van der Waals surface area contributed by atoms with Crippen LogP contribution in [0.2, 0.25) is 0 Å². The van der Waals surface area contributed by atoms with Gasteiger partial charge in [-0.1, -0.05) is 19.8 Å². The van der Waals surface area contributed by atoms with Gasteiger partial charge in [0.25, 0.3) is 5.91 Å². The van der Waals surface area contributed by atoms with Crippen molar-refractivity contribution in [2.45, 2.75) is 39.0 Å². The number of nitrogens with one attached hydrogen (secondary N) is 1. The molecular weight excluding hydrogens is 262 g/mol. The van der Waals surface area contributed by atoms with Crippen LogP contribution in [-0.2, 0) is 0 Å². The van der Waals surface area contributed by atoms with Crippen LogP contribution >= 0.6 is 0 Å². The molecule has 4 heteroatoms. The molecule has 1 aromatic heterocycles. The smallest absolute Gasteiger partial charge is 0.253 e. The lowest BCUT2D eigenvalue weighted by molar-refractivity contribution is 0.0760. The Balaban J connectivity index is 1.72. The summed E-state index contributed by atoms with van der Waals surface area (Å²) < 4.78 is 0. The van der Waals surface area contributed by atoms with Crippen molar-refractivity contribution in [3.63, 3.8) is 0 Å². The number of hydrogen-bond acceptors (Lipinski definition) is 2. The number of carbonyl (C=O) groups is 1. The Morgan fingerprint density at radius 3 is 3.14 bits per heavy atom. The van der Waals surface area contributed by atoms with E-state index in [4.69, 9.17) is 0 Å². The summed E-state index contributed by atoms with van der Waals surface area (Å²) in [5, 5.41) is 0. The Morgan fingerprint density at radius 2 is 2.29 bits per heavy atom. The second-order valence-electron chi connectivity index (χ2n) is 6.01. The summed E-state index contributed by atoms with van der Waals surface area (Å²) in [4.78, 5) is 22.0. The lowest BCUT2D eigenvalue weighted by Gasteiger charge is -2.20. The van der Waals surface area contributed by atoms with Crippen LogP contribution in [0.25, 0.3) is 11.0 Å². The van der Waals surface area contributed by atoms with Crippen molar-refractivity contribution in [2.24, 2.45) is 5.92 Å². The molecule has 1 aliphatic heterocycles. The number of aromatic amines is 1. The average molecular weight is 285 g/mol. The van der Waals surface area contributed by atoms with E-state index in [1.165, 1.54) is 19.3 Å². The summed E-state index contributed by atoms with van der Waals surface area (Å²) in [6.45, 7) is 4.03. The minimum atomic E-state index is 0.156. The number of hydrogen-bond donors (Lipinski definition) is 1. The first-order valence-electron chi connectivity index (χ1n) is 8.00. The molecule has 1 aliphatic rings. The van der Waals surface area contributed by atoms with E-state index in [1.807, 2.05) is 23.1 Å². The number of nitrogens with zero attached hydrogens (tertiary/aromatic N) is 2. The molecule has 2 heterocycles. The quantitative estimate of drug-likeness (QED) is 0.936. The largest absolute Gasteiger partial charge is 0.345 e. The zero-order chi connectivity index (χ0) is 14.7. The summed E-state index contributed by atoms with van der Waals surface area (Å²) in [7, 11) is 0. The van der Waals surface area contributed by atoms with Crippen molar-refractivity contribution in [3.05, 3.63) is 30.1 Å². The fourth-order valence-electron chi connectivity index (χ4n) is 3.32. The van der Waals surface area contributed by atoms with E-state index in [0.717, 1.165) is 48.4 Å². The van der Waals surface area contributed by atoms with Crippen LogP contribution in [0, 0.1) is 5.92 Å². The molecule has 1 aromatic carbocycles. The van der Waals surface area contributed by atoms with E-state index >= 15 is 0 Å². The van der Waals surface area contributed by atoms with Gasteiger partial charge in [-0.2, -0.15) is 0 Å². The predicted molar refractivity (Wildman–Crippen MR) is 84.2 cm³/mol. The standard InChI is InChI=1S/C17H23N3O/c1-2-4-13-5-3-9-20(10-8-13)17(21)14-6-7-15-16(11-14)19-12-18-15/h6-7,11-13H,2-5,8-10H2,1H3,(H,18,19). The highest BCUT2D eigenvalue weighted by atomic mass is 16.2. The Morgan fingerprint density at radius 1 is 1.38 bits per heavy atom. The molecule has 1 amide bonds. The van der Waals surface area contributed by atoms with Crippen molar-refractivity contribution in [1.29, 1.82) is 0 Å². The normalized spacial score (nSPS) is 19.7. The number of carbonyl (C=O) groups excluding carboxylic acids is 1. The molecule has 112 valence electrons. The first-order chi connectivity index (χ1) is 10.3. The van der Waals surface area contributed by atoms with Gasteiger partial charge in [-0.25, -0.2) is 4.98 Å². The number of benzene rings is 1. The second-order valence-corrected chi connectivity index (χ2v) is 6.01. The summed E-state index contributed by atoms with van der Waals surface area (Å²) in [6.07, 6.45) is 7.74. The van der Waals surface area contributed by atoms with Gasteiger partial charge in [-0.15, -0.1) is 0 Å². The van der Waals surface area contributed by atoms with Gasteiger partial charge < -0.3 is 9.88 Å². The van der Waals surface area contributed by atoms with Crippen LogP contribution in [0.1, 0.15) is 49.4 Å². The summed E-state index contributed by atoms with van der Waals surface area (Å²) in [6, 6.07) is 5.72. The number of likely N-dealkylation sites (tertiary alicyclic amines) is 1. The number of H-pyrrole nitrogens is 1. The molecule has 21 heavy (non-hydrogen) atoms. The highest BCUT2D eigenvalue weighted by Gasteiger charge is 2.21. The van der Waals surface area contributed by atoms with Crippen LogP contribution < -0.4 is 0 Å². The van der Waals surface area contributed by atoms with Crippen molar-refractivity contribution in [2.75, 3.05) is 13.1 Å². The topological polar surface area (TPSA) is 49.0 Å². The number of aromatic nitrogens is 2. The molecule has 2 aromatic rings. The van der Waals surface area contributed by atoms with E-state index in [1.54, 1.807) is 6.33 Å². The van der Waals surface area contributed by atoms with E-state index in [-0.39, 0.29) is 5.91 Å². The first-order valence-corrected chi connectivity index (χ1v) is 8.00. The third-order valence-electron chi connectivity index (χ3n) is 4.50. The number of rotatable bonds is 3. The number of imidazole rings is 1. The van der Waals surface area contributed by atoms with E-state index in [2.05, 4.69) is 16.9 Å². The molecule has 1 unspecified atom stereocenters. The third-order valence-corrected chi connectivity index (χ3v) is 4.50. The van der Waals surface area contributed by atoms with Gasteiger partial charge >= 0.3 is 0 Å². The molecule has 0 aliphatic carbocycles. The molecule has 1 fully saturated rings. The molecule has 0 radical (unpaired) electrons. The Hall–Kier alpha value is -1.84. The minimum absolute atomic E-state index is 0.156. The molecule has 3 rings (SSSR count). The zero-order valence-electron chi connectivity index (χ0n) is 12.6. The fraction of sp³-hybridized carbons (Fsp3) is 0.529. The van der Waals surface area contributed by atoms with E-state index in [9.17, 15) is 4.79 Å². The summed E-state index contributed by atoms with van der Waals surface area (Å²) in [5.74, 6) is 0.950. The lowest BCUT2D eigenvalue weighted by Crippen LogP contribution is -2.32. The molecule has 0 spiro atoms. The van der Waals surface area contributed by atoms with Crippen molar-refractivity contribution < 1.29 is 4.79 Å². The maximum atomic E-state index is 12.7. The van der Waals surface area contributed by atoms with E-state index < -0.39 is 0 Å². The van der Waals surface area contributed by atoms with Crippen molar-refractivity contribution in [1.82, 2.24) is 14.9 Å². The fourth-order valence-corrected chi connectivity index (χ4v) is 3.32. The van der Waals surface area contributed by atoms with Gasteiger partial charge in [0.1, 0.15) is 0 Å². The molecule has 0 bridgehead atoms. The molecule has 1 saturated heterocycles. The lowest BCUT2D eigenvalue weighted by atomic mass is 9.96. The van der Waals surface area contributed by atoms with Crippen molar-refractivity contribution in [3.8, 4) is 0 Å². The molecule has 0 saturated carbocycles. The monoisotopic (exact) mass is 285 g/mol. The van der Waals surface area contributed by atoms with Gasteiger partial charge in [0.05, 0.1) is 17.4 Å². The molecular formula is C17H23N3O. The van der Waals surface area contributed by atoms with Crippen LogP contribution in [0.4, 0.5) is 0 Å². The van der Waals surface area contributed by atoms with Crippen LogP contribution in [-0.4, -0.2) is 33.9 Å². The SMILES string of the molecule is CCCC1CCCN(C(=O)c2ccc3nc[nH]c3c2)CC1. The maximum Gasteiger partial charge on any atom is 0.253 e. The Labute approximate surface area is 125 Å². The van der Waals surface area contributed by atoms with Crippen LogP contribution in [0.3, 0.4) is 0 Å². The zero-order valence-corrected chi connectivity index (χ0v) is 12.6. The van der Waals surface area contributed by atoms with Crippen LogP contribution in [0.15, 0.2) is 24.5 Å². The van der Waals surface area contributed by atoms with Gasteiger partial charge in [0.15, 0.2) is 0 Å². The van der Waals surface area contributed by atoms with Gasteiger partial charge in [0, 0.05) is 18.7 Å². The highest BCUT2D eigenvalue weighted by Crippen LogP contribution is 2.23. The van der Waals surface area contributed by atoms with E-state index in [0.29, 0.717) is 0 Å². The first kappa shape index (κ1) is 14.1. The highest BCUT2D eigenvalue weighted by molar-refractivity contribution is 5.97. The number of amides is 1. The number of fused-ring (bicyclic) bond motifs is 1. The summed E-state index contributed by atoms with van der Waals surface area (Å²) in [5.41, 5.74) is 2.60. The summed E-state index contributed by atoms with van der Waals surface area (Å²) >= 11 is 0. The van der Waals surface area contributed by atoms with Crippen LogP contribution in [0.5, 0.6) is 0 Å². The van der Waals surface area contributed by atoms with Crippen molar-refractivity contribution >= 4 is 16.9 Å². The van der Waals surface area contributed by atoms with Gasteiger partial charge in [-0.05, 0) is 43.4 Å². The average Bonchev–Trinajstić information content (AvgIpc) is 2.85. The predicted octanol–water partition coefficient (Wildman–Crippen LogP) is 3.61. The second kappa shape index (κ2) is 6.29. The Bertz CT molecular complexity index is 619. The van der Waals surface area contributed by atoms with Gasteiger partial charge in [-0.3, -0.25) is 4.79 Å². The minimum Gasteiger partial charge on any atom is -0.345 e. The van der Waals surface area contributed by atoms with Gasteiger partial charge in [0.2, 0.25) is 0 Å². The maximum absolute atomic E-state index is 12.7.